The molecule has 0 aliphatic carbocycles. The van der Waals surface area contributed by atoms with Crippen LogP contribution in [0.25, 0.3) is 0 Å². The molecule has 2 aromatic rings. The molecule has 0 radical (unpaired) electrons. The van der Waals surface area contributed by atoms with Gasteiger partial charge in [0.15, 0.2) is 0 Å². The molecule has 2 aromatic carbocycles. The Balaban J connectivity index is 1.84. The van der Waals surface area contributed by atoms with Crippen LogP contribution >= 0.6 is 0 Å². The first-order chi connectivity index (χ1) is 12.2. The van der Waals surface area contributed by atoms with Crippen LogP contribution in [0.1, 0.15) is 38.8 Å². The first kappa shape index (κ1) is 18.2. The maximum atomic E-state index is 13.8. The molecule has 1 heterocycles. The van der Waals surface area contributed by atoms with Crippen molar-refractivity contribution in [2.24, 2.45) is 0 Å². The fourth-order valence-corrected chi connectivity index (χ4v) is 2.75. The number of hydrogen-bond acceptors (Lipinski definition) is 3. The standard InChI is InChI=1S/C20H21F2NO3/c1-20(2,3)26-19(24)23-11-10-17(23)16-12-14(22)6-9-18(16)25-15-7-4-13(21)5-8-15/h4-9,12,17H,10-11H2,1-3H3. The van der Waals surface area contributed by atoms with E-state index in [-0.39, 0.29) is 11.9 Å². The van der Waals surface area contributed by atoms with Crippen molar-refractivity contribution in [2.75, 3.05) is 6.54 Å². The number of carbonyl (C=O) groups excluding carboxylic acids is 1. The maximum absolute atomic E-state index is 13.8. The molecule has 3 rings (SSSR count). The van der Waals surface area contributed by atoms with Crippen LogP contribution in [0.4, 0.5) is 13.6 Å². The van der Waals surface area contributed by atoms with Crippen LogP contribution in [0.15, 0.2) is 42.5 Å². The quantitative estimate of drug-likeness (QED) is 0.731. The molecule has 4 nitrogen and oxygen atoms in total. The monoisotopic (exact) mass is 361 g/mol. The second-order valence-electron chi connectivity index (χ2n) is 7.22. The van der Waals surface area contributed by atoms with Crippen LogP contribution in [0.5, 0.6) is 11.5 Å². The highest BCUT2D eigenvalue weighted by Crippen LogP contribution is 2.40. The summed E-state index contributed by atoms with van der Waals surface area (Å²) in [4.78, 5) is 13.9. The Kier molecular flexibility index (Phi) is 4.85. The van der Waals surface area contributed by atoms with Crippen LogP contribution in [-0.4, -0.2) is 23.1 Å². The zero-order valence-electron chi connectivity index (χ0n) is 15.0. The van der Waals surface area contributed by atoms with Crippen molar-refractivity contribution < 1.29 is 23.0 Å². The van der Waals surface area contributed by atoms with Gasteiger partial charge in [0.25, 0.3) is 0 Å². The van der Waals surface area contributed by atoms with Crippen molar-refractivity contribution in [1.29, 1.82) is 0 Å². The molecule has 1 atom stereocenters. The number of carbonyl (C=O) groups is 1. The number of hydrogen-bond donors (Lipinski definition) is 0. The van der Waals surface area contributed by atoms with Crippen molar-refractivity contribution in [3.63, 3.8) is 0 Å². The molecule has 0 N–H and O–H groups in total. The SMILES string of the molecule is CC(C)(C)OC(=O)N1CCC1c1cc(F)ccc1Oc1ccc(F)cc1. The molecule has 1 unspecified atom stereocenters. The van der Waals surface area contributed by atoms with E-state index in [9.17, 15) is 13.6 Å². The van der Waals surface area contributed by atoms with Gasteiger partial charge in [-0.3, -0.25) is 0 Å². The van der Waals surface area contributed by atoms with E-state index in [1.165, 1.54) is 42.5 Å². The van der Waals surface area contributed by atoms with Crippen LogP contribution in [0.2, 0.25) is 0 Å². The Morgan fingerprint density at radius 2 is 1.73 bits per heavy atom. The van der Waals surface area contributed by atoms with Crippen LogP contribution in [-0.2, 0) is 4.74 Å². The topological polar surface area (TPSA) is 38.8 Å². The summed E-state index contributed by atoms with van der Waals surface area (Å²) in [6.45, 7) is 5.92. The van der Waals surface area contributed by atoms with Crippen molar-refractivity contribution in [3.8, 4) is 11.5 Å². The van der Waals surface area contributed by atoms with Gasteiger partial charge in [0, 0.05) is 12.1 Å². The molecule has 1 amide bonds. The van der Waals surface area contributed by atoms with Crippen molar-refractivity contribution in [3.05, 3.63) is 59.7 Å². The minimum atomic E-state index is -0.605. The number of ether oxygens (including phenoxy) is 2. The van der Waals surface area contributed by atoms with Gasteiger partial charge in [0.05, 0.1) is 6.04 Å². The fourth-order valence-electron chi connectivity index (χ4n) is 2.75. The Morgan fingerprint density at radius 1 is 1.08 bits per heavy atom. The third-order valence-electron chi connectivity index (χ3n) is 4.02. The van der Waals surface area contributed by atoms with Gasteiger partial charge in [0.2, 0.25) is 0 Å². The molecule has 0 aromatic heterocycles. The molecule has 26 heavy (non-hydrogen) atoms. The van der Waals surface area contributed by atoms with Crippen LogP contribution < -0.4 is 4.74 Å². The van der Waals surface area contributed by atoms with Crippen LogP contribution in [0, 0.1) is 11.6 Å². The Labute approximate surface area is 151 Å². The normalized spacial score (nSPS) is 16.8. The Bertz CT molecular complexity index is 800. The van der Waals surface area contributed by atoms with E-state index in [0.29, 0.717) is 30.0 Å². The zero-order valence-corrected chi connectivity index (χ0v) is 15.0. The summed E-state index contributed by atoms with van der Waals surface area (Å²) in [7, 11) is 0. The lowest BCUT2D eigenvalue weighted by atomic mass is 9.94. The molecule has 0 spiro atoms. The molecule has 0 saturated carbocycles. The van der Waals surface area contributed by atoms with E-state index in [2.05, 4.69) is 0 Å². The maximum Gasteiger partial charge on any atom is 0.410 e. The number of nitrogens with zero attached hydrogens (tertiary/aromatic N) is 1. The average molecular weight is 361 g/mol. The number of amides is 1. The highest BCUT2D eigenvalue weighted by Gasteiger charge is 2.38. The average Bonchev–Trinajstić information content (AvgIpc) is 2.49. The van der Waals surface area contributed by atoms with Gasteiger partial charge in [-0.2, -0.15) is 0 Å². The molecular formula is C20H21F2NO3. The van der Waals surface area contributed by atoms with Gasteiger partial charge in [0.1, 0.15) is 28.7 Å². The summed E-state index contributed by atoms with van der Waals surface area (Å²) in [5.74, 6) is 0.0768. The third-order valence-corrected chi connectivity index (χ3v) is 4.02. The highest BCUT2D eigenvalue weighted by molar-refractivity contribution is 5.70. The number of likely N-dealkylation sites (tertiary alicyclic amines) is 1. The predicted molar refractivity (Wildman–Crippen MR) is 93.2 cm³/mol. The number of halogens is 2. The molecule has 1 aliphatic heterocycles. The van der Waals surface area contributed by atoms with Crippen molar-refractivity contribution in [2.45, 2.75) is 38.8 Å². The molecule has 1 fully saturated rings. The fraction of sp³-hybridized carbons (Fsp3) is 0.350. The van der Waals surface area contributed by atoms with Gasteiger partial charge in [-0.15, -0.1) is 0 Å². The summed E-state index contributed by atoms with van der Waals surface area (Å²) in [6.07, 6.45) is 0.244. The van der Waals surface area contributed by atoms with Gasteiger partial charge in [-0.05, 0) is 69.7 Å². The molecular weight excluding hydrogens is 340 g/mol. The first-order valence-corrected chi connectivity index (χ1v) is 8.45. The summed E-state index contributed by atoms with van der Waals surface area (Å²) in [5.41, 5.74) is -0.0430. The predicted octanol–water partition coefficient (Wildman–Crippen LogP) is 5.44. The largest absolute Gasteiger partial charge is 0.457 e. The minimum Gasteiger partial charge on any atom is -0.457 e. The molecule has 6 heteroatoms. The molecule has 0 bridgehead atoms. The van der Waals surface area contributed by atoms with E-state index in [4.69, 9.17) is 9.47 Å². The Hall–Kier alpha value is -2.63. The summed E-state index contributed by atoms with van der Waals surface area (Å²) in [5, 5.41) is 0. The molecule has 1 saturated heterocycles. The summed E-state index contributed by atoms with van der Waals surface area (Å²) < 4.78 is 38.1. The number of benzene rings is 2. The van der Waals surface area contributed by atoms with E-state index in [1.807, 2.05) is 0 Å². The lowest BCUT2D eigenvalue weighted by Crippen LogP contribution is -2.47. The zero-order chi connectivity index (χ0) is 18.9. The van der Waals surface area contributed by atoms with Crippen molar-refractivity contribution in [1.82, 2.24) is 4.90 Å². The van der Waals surface area contributed by atoms with E-state index < -0.39 is 17.5 Å². The van der Waals surface area contributed by atoms with Gasteiger partial charge in [-0.25, -0.2) is 13.6 Å². The van der Waals surface area contributed by atoms with Crippen molar-refractivity contribution >= 4 is 6.09 Å². The lowest BCUT2D eigenvalue weighted by Gasteiger charge is -2.42. The second-order valence-corrected chi connectivity index (χ2v) is 7.22. The van der Waals surface area contributed by atoms with E-state index >= 15 is 0 Å². The van der Waals surface area contributed by atoms with Gasteiger partial charge in [-0.1, -0.05) is 0 Å². The van der Waals surface area contributed by atoms with Crippen LogP contribution in [0.3, 0.4) is 0 Å². The highest BCUT2D eigenvalue weighted by atomic mass is 19.1. The van der Waals surface area contributed by atoms with Gasteiger partial charge >= 0.3 is 6.09 Å². The molecule has 138 valence electrons. The first-order valence-electron chi connectivity index (χ1n) is 8.45. The lowest BCUT2D eigenvalue weighted by molar-refractivity contribution is -0.00607. The second kappa shape index (κ2) is 6.94. The Morgan fingerprint density at radius 3 is 2.31 bits per heavy atom. The minimum absolute atomic E-state index is 0.323. The third kappa shape index (κ3) is 4.12. The van der Waals surface area contributed by atoms with E-state index in [1.54, 1.807) is 25.7 Å². The molecule has 1 aliphatic rings. The summed E-state index contributed by atoms with van der Waals surface area (Å²) in [6, 6.07) is 9.41. The smallest absolute Gasteiger partial charge is 0.410 e. The summed E-state index contributed by atoms with van der Waals surface area (Å²) >= 11 is 0. The number of rotatable bonds is 3. The van der Waals surface area contributed by atoms with E-state index in [0.717, 1.165) is 0 Å². The van der Waals surface area contributed by atoms with Gasteiger partial charge < -0.3 is 14.4 Å².